The Labute approximate surface area is 181 Å². The number of anilines is 3. The molecule has 0 saturated carbocycles. The van der Waals surface area contributed by atoms with Crippen LogP contribution in [-0.2, 0) is 22.5 Å². The van der Waals surface area contributed by atoms with E-state index in [0.29, 0.717) is 36.9 Å². The van der Waals surface area contributed by atoms with E-state index in [2.05, 4.69) is 15.3 Å². The fraction of sp³-hybridized carbons (Fsp3) is 0.500. The van der Waals surface area contributed by atoms with Crippen molar-refractivity contribution in [3.05, 3.63) is 31.9 Å². The lowest BCUT2D eigenvalue weighted by Crippen LogP contribution is -2.43. The van der Waals surface area contributed by atoms with Crippen molar-refractivity contribution in [3.63, 3.8) is 0 Å². The van der Waals surface area contributed by atoms with Crippen LogP contribution in [0.3, 0.4) is 0 Å². The fourth-order valence-corrected chi connectivity index (χ4v) is 4.08. The van der Waals surface area contributed by atoms with Crippen LogP contribution in [0.2, 0.25) is 0 Å². The van der Waals surface area contributed by atoms with E-state index in [1.54, 1.807) is 5.38 Å². The molecule has 13 heteroatoms. The molecule has 0 aromatic carbocycles. The largest absolute Gasteiger partial charge is 0.383 e. The van der Waals surface area contributed by atoms with E-state index >= 15 is 0 Å². The van der Waals surface area contributed by atoms with E-state index in [4.69, 9.17) is 10.5 Å². The van der Waals surface area contributed by atoms with Crippen molar-refractivity contribution < 1.29 is 14.3 Å². The fourth-order valence-electron chi connectivity index (χ4n) is 3.23. The van der Waals surface area contributed by atoms with Gasteiger partial charge in [-0.1, -0.05) is 6.92 Å². The van der Waals surface area contributed by atoms with Gasteiger partial charge >= 0.3 is 11.7 Å². The smallest absolute Gasteiger partial charge is 0.330 e. The molecule has 0 aliphatic carbocycles. The van der Waals surface area contributed by atoms with Crippen LogP contribution >= 0.6 is 11.3 Å². The Hall–Kier alpha value is -3.19. The number of ether oxygens (including phenoxy) is 1. The van der Waals surface area contributed by atoms with Gasteiger partial charge in [0.1, 0.15) is 5.82 Å². The molecular formula is C18H25N7O5S. The number of aromatic nitrogens is 3. The third-order valence-electron chi connectivity index (χ3n) is 4.71. The third-order valence-corrected chi connectivity index (χ3v) is 5.62. The van der Waals surface area contributed by atoms with E-state index in [1.165, 1.54) is 32.8 Å². The number of methoxy groups -OCH3 is 1. The van der Waals surface area contributed by atoms with Crippen molar-refractivity contribution in [2.24, 2.45) is 0 Å². The van der Waals surface area contributed by atoms with Crippen LogP contribution in [0.25, 0.3) is 0 Å². The SMILES string of the molecule is CCCn1c(N)c(N(CCOC)C(=O)Cc2csc(N3CCNC3=O)n2)c(=O)[nH]c1=O. The molecule has 0 atom stereocenters. The second-order valence-corrected chi connectivity index (χ2v) is 7.70. The summed E-state index contributed by atoms with van der Waals surface area (Å²) >= 11 is 1.26. The summed E-state index contributed by atoms with van der Waals surface area (Å²) in [6.07, 6.45) is 0.509. The Morgan fingerprint density at radius 1 is 1.39 bits per heavy atom. The zero-order valence-corrected chi connectivity index (χ0v) is 18.2. The number of carbonyl (C=O) groups excluding carboxylic acids is 2. The van der Waals surface area contributed by atoms with Gasteiger partial charge in [0, 0.05) is 38.7 Å². The lowest BCUT2D eigenvalue weighted by Gasteiger charge is -2.24. The predicted molar refractivity (Wildman–Crippen MR) is 117 cm³/mol. The van der Waals surface area contributed by atoms with E-state index in [9.17, 15) is 19.2 Å². The highest BCUT2D eigenvalue weighted by atomic mass is 32.1. The maximum Gasteiger partial charge on any atom is 0.330 e. The highest BCUT2D eigenvalue weighted by Gasteiger charge is 2.27. The normalized spacial score (nSPS) is 13.5. The molecular weight excluding hydrogens is 426 g/mol. The van der Waals surface area contributed by atoms with Gasteiger partial charge in [-0.2, -0.15) is 0 Å². The molecule has 1 saturated heterocycles. The number of carbonyl (C=O) groups is 2. The van der Waals surface area contributed by atoms with Crippen molar-refractivity contribution in [3.8, 4) is 0 Å². The number of urea groups is 1. The van der Waals surface area contributed by atoms with Gasteiger partial charge in [-0.15, -0.1) is 11.3 Å². The first-order chi connectivity index (χ1) is 14.9. The van der Waals surface area contributed by atoms with Gasteiger partial charge in [0.05, 0.1) is 18.7 Å². The number of rotatable bonds is 9. The van der Waals surface area contributed by atoms with Gasteiger partial charge in [-0.25, -0.2) is 14.6 Å². The lowest BCUT2D eigenvalue weighted by atomic mass is 10.2. The minimum absolute atomic E-state index is 0.0679. The van der Waals surface area contributed by atoms with E-state index in [-0.39, 0.29) is 37.1 Å². The molecule has 3 heterocycles. The summed E-state index contributed by atoms with van der Waals surface area (Å²) in [7, 11) is 1.47. The van der Waals surface area contributed by atoms with Gasteiger partial charge in [-0.05, 0) is 6.42 Å². The van der Waals surface area contributed by atoms with Crippen LogP contribution in [0, 0.1) is 0 Å². The standard InChI is InChI=1S/C18H25N7O5S/c1-3-5-24-14(19)13(15(27)22-17(24)29)23(7-8-30-2)12(26)9-11-10-31-18(21-11)25-6-4-20-16(25)28/h10H,3-9,19H2,1-2H3,(H,20,28)(H,22,27,29). The molecule has 1 aliphatic heterocycles. The molecule has 0 radical (unpaired) electrons. The molecule has 2 aromatic heterocycles. The molecule has 1 aliphatic rings. The Morgan fingerprint density at radius 3 is 2.81 bits per heavy atom. The second-order valence-electron chi connectivity index (χ2n) is 6.86. The number of nitrogen functional groups attached to an aromatic ring is 1. The Morgan fingerprint density at radius 2 is 2.16 bits per heavy atom. The van der Waals surface area contributed by atoms with E-state index < -0.39 is 17.2 Å². The summed E-state index contributed by atoms with van der Waals surface area (Å²) < 4.78 is 6.31. The van der Waals surface area contributed by atoms with Crippen molar-refractivity contribution in [1.29, 1.82) is 0 Å². The number of nitrogens with two attached hydrogens (primary N) is 1. The molecule has 0 unspecified atom stereocenters. The summed E-state index contributed by atoms with van der Waals surface area (Å²) in [4.78, 5) is 58.9. The summed E-state index contributed by atoms with van der Waals surface area (Å²) in [5.41, 5.74) is 5.12. The second kappa shape index (κ2) is 9.75. The van der Waals surface area contributed by atoms with E-state index in [1.807, 2.05) is 6.92 Å². The summed E-state index contributed by atoms with van der Waals surface area (Å²) in [6.45, 7) is 3.43. The minimum atomic E-state index is -0.744. The maximum absolute atomic E-state index is 13.1. The number of nitrogens with zero attached hydrogens (tertiary/aromatic N) is 4. The Balaban J connectivity index is 1.90. The van der Waals surface area contributed by atoms with Crippen LogP contribution in [0.1, 0.15) is 19.0 Å². The van der Waals surface area contributed by atoms with Crippen molar-refractivity contribution in [2.45, 2.75) is 26.3 Å². The third kappa shape index (κ3) is 4.77. The number of aromatic amines is 1. The number of H-pyrrole nitrogens is 1. The van der Waals surface area contributed by atoms with Crippen molar-refractivity contribution >= 4 is 39.9 Å². The van der Waals surface area contributed by atoms with E-state index in [0.717, 1.165) is 0 Å². The van der Waals surface area contributed by atoms with Gasteiger partial charge < -0.3 is 20.7 Å². The van der Waals surface area contributed by atoms with Crippen LogP contribution < -0.4 is 32.1 Å². The van der Waals surface area contributed by atoms with Crippen LogP contribution in [0.4, 0.5) is 21.4 Å². The van der Waals surface area contributed by atoms with Crippen LogP contribution in [0.5, 0.6) is 0 Å². The summed E-state index contributed by atoms with van der Waals surface area (Å²) in [5, 5.41) is 4.89. The average Bonchev–Trinajstić information content (AvgIpc) is 3.35. The zero-order valence-electron chi connectivity index (χ0n) is 17.3. The predicted octanol–water partition coefficient (Wildman–Crippen LogP) is -0.263. The summed E-state index contributed by atoms with van der Waals surface area (Å²) in [5.74, 6) is -0.508. The molecule has 2 aromatic rings. The zero-order chi connectivity index (χ0) is 22.5. The highest BCUT2D eigenvalue weighted by Crippen LogP contribution is 2.23. The Bertz CT molecular complexity index is 1080. The number of nitrogens with one attached hydrogen (secondary N) is 2. The van der Waals surface area contributed by atoms with Gasteiger partial charge in [0.25, 0.3) is 5.56 Å². The molecule has 3 rings (SSSR count). The summed E-state index contributed by atoms with van der Waals surface area (Å²) in [6, 6.07) is -0.230. The quantitative estimate of drug-likeness (QED) is 0.474. The van der Waals surface area contributed by atoms with Crippen molar-refractivity contribution in [1.82, 2.24) is 19.9 Å². The number of hydrogen-bond donors (Lipinski definition) is 3. The molecule has 1 fully saturated rings. The Kier molecular flexibility index (Phi) is 7.07. The highest BCUT2D eigenvalue weighted by molar-refractivity contribution is 7.14. The monoisotopic (exact) mass is 451 g/mol. The number of thiazole rings is 1. The molecule has 31 heavy (non-hydrogen) atoms. The average molecular weight is 452 g/mol. The lowest BCUT2D eigenvalue weighted by molar-refractivity contribution is -0.118. The van der Waals surface area contributed by atoms with Gasteiger partial charge in [0.15, 0.2) is 10.8 Å². The number of amides is 3. The number of hydrogen-bond acceptors (Lipinski definition) is 8. The molecule has 12 nitrogen and oxygen atoms in total. The van der Waals surface area contributed by atoms with Crippen molar-refractivity contribution in [2.75, 3.05) is 48.9 Å². The first kappa shape index (κ1) is 22.5. The first-order valence-electron chi connectivity index (χ1n) is 9.79. The van der Waals surface area contributed by atoms with Gasteiger partial charge in [-0.3, -0.25) is 24.0 Å². The minimum Gasteiger partial charge on any atom is -0.383 e. The topological polar surface area (TPSA) is 156 Å². The maximum atomic E-state index is 13.1. The molecule has 168 valence electrons. The molecule has 4 N–H and O–H groups in total. The molecule has 3 amide bonds. The van der Waals surface area contributed by atoms with Crippen LogP contribution in [0.15, 0.2) is 15.0 Å². The van der Waals surface area contributed by atoms with Gasteiger partial charge in [0.2, 0.25) is 5.91 Å². The first-order valence-corrected chi connectivity index (χ1v) is 10.7. The molecule has 0 spiro atoms. The molecule has 0 bridgehead atoms. The van der Waals surface area contributed by atoms with Crippen LogP contribution in [-0.4, -0.2) is 59.8 Å².